The van der Waals surface area contributed by atoms with Gasteiger partial charge in [-0.15, -0.1) is 0 Å². The second-order valence-electron chi connectivity index (χ2n) is 2.99. The summed E-state index contributed by atoms with van der Waals surface area (Å²) in [4.78, 5) is 0. The lowest BCUT2D eigenvalue weighted by Crippen LogP contribution is -2.00. The molecule has 3 heteroatoms. The lowest BCUT2D eigenvalue weighted by Gasteiger charge is -2.10. The molecule has 0 aliphatic heterocycles. The standard InChI is InChI=1S/C10H9FIN/c1-5-6(2)9(11)8(4-13)10(12)7(5)3/h1-3H3. The van der Waals surface area contributed by atoms with Crippen molar-refractivity contribution >= 4 is 22.6 Å². The van der Waals surface area contributed by atoms with Gasteiger partial charge in [-0.25, -0.2) is 4.39 Å². The maximum Gasteiger partial charge on any atom is 0.145 e. The van der Waals surface area contributed by atoms with Crippen molar-refractivity contribution in [3.05, 3.63) is 31.6 Å². The summed E-state index contributed by atoms with van der Waals surface area (Å²) in [5.41, 5.74) is 2.67. The maximum absolute atomic E-state index is 13.5. The molecule has 0 aliphatic rings. The van der Waals surface area contributed by atoms with Crippen molar-refractivity contribution in [2.75, 3.05) is 0 Å². The minimum atomic E-state index is -0.380. The van der Waals surface area contributed by atoms with E-state index in [2.05, 4.69) is 0 Å². The SMILES string of the molecule is Cc1c(C)c(F)c(C#N)c(I)c1C. The van der Waals surface area contributed by atoms with Crippen LogP contribution in [0.3, 0.4) is 0 Å². The summed E-state index contributed by atoms with van der Waals surface area (Å²) in [6.45, 7) is 5.48. The van der Waals surface area contributed by atoms with E-state index >= 15 is 0 Å². The molecule has 0 amide bonds. The van der Waals surface area contributed by atoms with Gasteiger partial charge < -0.3 is 0 Å². The van der Waals surface area contributed by atoms with Crippen molar-refractivity contribution in [2.45, 2.75) is 20.8 Å². The van der Waals surface area contributed by atoms with E-state index in [1.54, 1.807) is 6.92 Å². The van der Waals surface area contributed by atoms with Crippen LogP contribution in [0.15, 0.2) is 0 Å². The number of hydrogen-bond acceptors (Lipinski definition) is 1. The van der Waals surface area contributed by atoms with Crippen molar-refractivity contribution in [1.82, 2.24) is 0 Å². The number of halogens is 2. The van der Waals surface area contributed by atoms with Crippen molar-refractivity contribution in [3.8, 4) is 6.07 Å². The Bertz CT molecular complexity index is 375. The zero-order valence-electron chi connectivity index (χ0n) is 7.70. The zero-order chi connectivity index (χ0) is 10.2. The quantitative estimate of drug-likeness (QED) is 0.673. The molecule has 0 bridgehead atoms. The molecule has 1 rings (SSSR count). The molecule has 0 radical (unpaired) electrons. The third-order valence-electron chi connectivity index (χ3n) is 2.33. The highest BCUT2D eigenvalue weighted by atomic mass is 127. The fourth-order valence-corrected chi connectivity index (χ4v) is 1.94. The van der Waals surface area contributed by atoms with Crippen LogP contribution in [0.4, 0.5) is 4.39 Å². The first-order valence-corrected chi connectivity index (χ1v) is 4.93. The van der Waals surface area contributed by atoms with Crippen LogP contribution in [0.5, 0.6) is 0 Å². The summed E-state index contributed by atoms with van der Waals surface area (Å²) in [6.07, 6.45) is 0. The largest absolute Gasteiger partial charge is 0.205 e. The van der Waals surface area contributed by atoms with Crippen LogP contribution >= 0.6 is 22.6 Å². The van der Waals surface area contributed by atoms with Gasteiger partial charge in [-0.05, 0) is 60.1 Å². The Morgan fingerprint density at radius 1 is 1.15 bits per heavy atom. The molecule has 0 heterocycles. The van der Waals surface area contributed by atoms with Gasteiger partial charge in [-0.3, -0.25) is 0 Å². The fourth-order valence-electron chi connectivity index (χ4n) is 1.18. The van der Waals surface area contributed by atoms with Crippen LogP contribution in [0, 0.1) is 41.5 Å². The van der Waals surface area contributed by atoms with E-state index in [4.69, 9.17) is 5.26 Å². The molecule has 0 spiro atoms. The average Bonchev–Trinajstić information content (AvgIpc) is 2.13. The van der Waals surface area contributed by atoms with Gasteiger partial charge in [0.15, 0.2) is 0 Å². The van der Waals surface area contributed by atoms with E-state index < -0.39 is 0 Å². The van der Waals surface area contributed by atoms with Crippen LogP contribution in [0.2, 0.25) is 0 Å². The number of benzene rings is 1. The Hall–Kier alpha value is -0.630. The Morgan fingerprint density at radius 2 is 1.69 bits per heavy atom. The number of nitriles is 1. The molecule has 13 heavy (non-hydrogen) atoms. The lowest BCUT2D eigenvalue weighted by molar-refractivity contribution is 0.611. The fraction of sp³-hybridized carbons (Fsp3) is 0.300. The molecule has 0 saturated heterocycles. The zero-order valence-corrected chi connectivity index (χ0v) is 9.86. The monoisotopic (exact) mass is 289 g/mol. The molecular formula is C10H9FIN. The number of rotatable bonds is 0. The molecule has 68 valence electrons. The van der Waals surface area contributed by atoms with E-state index in [-0.39, 0.29) is 11.4 Å². The van der Waals surface area contributed by atoms with Gasteiger partial charge in [-0.2, -0.15) is 5.26 Å². The Morgan fingerprint density at radius 3 is 2.15 bits per heavy atom. The first kappa shape index (κ1) is 10.5. The lowest BCUT2D eigenvalue weighted by atomic mass is 10.0. The van der Waals surface area contributed by atoms with Gasteiger partial charge in [0.2, 0.25) is 0 Å². The van der Waals surface area contributed by atoms with Crippen molar-refractivity contribution in [2.24, 2.45) is 0 Å². The van der Waals surface area contributed by atoms with Crippen molar-refractivity contribution in [1.29, 1.82) is 5.26 Å². The van der Waals surface area contributed by atoms with E-state index in [0.717, 1.165) is 14.7 Å². The second kappa shape index (κ2) is 3.62. The van der Waals surface area contributed by atoms with Gasteiger partial charge in [0.05, 0.1) is 0 Å². The molecule has 1 nitrogen and oxygen atoms in total. The van der Waals surface area contributed by atoms with E-state index in [0.29, 0.717) is 5.56 Å². The van der Waals surface area contributed by atoms with Crippen LogP contribution in [0.25, 0.3) is 0 Å². The summed E-state index contributed by atoms with van der Waals surface area (Å²) < 4.78 is 14.2. The highest BCUT2D eigenvalue weighted by Crippen LogP contribution is 2.26. The summed E-state index contributed by atoms with van der Waals surface area (Å²) >= 11 is 2.01. The predicted octanol–water partition coefficient (Wildman–Crippen LogP) is 3.23. The highest BCUT2D eigenvalue weighted by molar-refractivity contribution is 14.1. The third kappa shape index (κ3) is 1.55. The summed E-state index contributed by atoms with van der Waals surface area (Å²) in [5.74, 6) is -0.380. The minimum Gasteiger partial charge on any atom is -0.205 e. The minimum absolute atomic E-state index is 0.168. The van der Waals surface area contributed by atoms with Gasteiger partial charge in [0, 0.05) is 3.57 Å². The summed E-state index contributed by atoms with van der Waals surface area (Å²) in [6, 6.07) is 1.89. The molecule has 0 saturated carbocycles. The molecule has 0 unspecified atom stereocenters. The number of hydrogen-bond donors (Lipinski definition) is 0. The van der Waals surface area contributed by atoms with Gasteiger partial charge in [0.1, 0.15) is 17.4 Å². The first-order valence-electron chi connectivity index (χ1n) is 3.85. The van der Waals surface area contributed by atoms with Crippen LogP contribution in [0.1, 0.15) is 22.3 Å². The Kier molecular flexibility index (Phi) is 2.91. The summed E-state index contributed by atoms with van der Waals surface area (Å²) in [7, 11) is 0. The third-order valence-corrected chi connectivity index (χ3v) is 3.68. The average molecular weight is 289 g/mol. The smallest absolute Gasteiger partial charge is 0.145 e. The molecule has 0 aromatic heterocycles. The van der Waals surface area contributed by atoms with Gasteiger partial charge in [-0.1, -0.05) is 0 Å². The van der Waals surface area contributed by atoms with E-state index in [9.17, 15) is 4.39 Å². The van der Waals surface area contributed by atoms with Gasteiger partial charge in [0.25, 0.3) is 0 Å². The van der Waals surface area contributed by atoms with Crippen LogP contribution in [-0.2, 0) is 0 Å². The van der Waals surface area contributed by atoms with Crippen molar-refractivity contribution in [3.63, 3.8) is 0 Å². The van der Waals surface area contributed by atoms with E-state index in [1.165, 1.54) is 0 Å². The van der Waals surface area contributed by atoms with Gasteiger partial charge >= 0.3 is 0 Å². The molecule has 0 N–H and O–H groups in total. The first-order chi connectivity index (χ1) is 6.00. The maximum atomic E-state index is 13.5. The molecule has 0 aliphatic carbocycles. The molecule has 0 fully saturated rings. The predicted molar refractivity (Wildman–Crippen MR) is 58.0 cm³/mol. The second-order valence-corrected chi connectivity index (χ2v) is 4.07. The normalized spacial score (nSPS) is 9.85. The molecule has 1 aromatic rings. The van der Waals surface area contributed by atoms with E-state index in [1.807, 2.05) is 42.5 Å². The van der Waals surface area contributed by atoms with Crippen LogP contribution in [-0.4, -0.2) is 0 Å². The Labute approximate surface area is 90.7 Å². The van der Waals surface area contributed by atoms with Crippen molar-refractivity contribution < 1.29 is 4.39 Å². The van der Waals surface area contributed by atoms with Crippen LogP contribution < -0.4 is 0 Å². The molecule has 1 aromatic carbocycles. The summed E-state index contributed by atoms with van der Waals surface area (Å²) in [5, 5.41) is 8.74. The Balaban J connectivity index is 3.69. The highest BCUT2D eigenvalue weighted by Gasteiger charge is 2.15. The number of nitrogens with zero attached hydrogens (tertiary/aromatic N) is 1. The topological polar surface area (TPSA) is 23.8 Å². The molecular weight excluding hydrogens is 280 g/mol. The molecule has 0 atom stereocenters.